The average molecular weight is 527 g/mol. The Kier molecular flexibility index (Phi) is 8.68. The second-order valence-electron chi connectivity index (χ2n) is 10.5. The predicted octanol–water partition coefficient (Wildman–Crippen LogP) is 6.18. The SMILES string of the molecule is CCCN(C(C)=O)[C@H]1CC[C@H](N2C(=O)Cc3cc(OC)c(OC(C)C)cc3C2c2ccc(Cl)cc2)CC1. The number of halogens is 1. The van der Waals surface area contributed by atoms with Gasteiger partial charge in [0.05, 0.1) is 25.7 Å². The van der Waals surface area contributed by atoms with Crippen molar-refractivity contribution in [1.82, 2.24) is 9.80 Å². The third-order valence-corrected chi connectivity index (χ3v) is 7.80. The fourth-order valence-corrected chi connectivity index (χ4v) is 6.09. The summed E-state index contributed by atoms with van der Waals surface area (Å²) < 4.78 is 11.7. The maximum atomic E-state index is 13.8. The molecule has 1 aliphatic carbocycles. The summed E-state index contributed by atoms with van der Waals surface area (Å²) in [6, 6.07) is 11.9. The van der Waals surface area contributed by atoms with Crippen LogP contribution in [0.2, 0.25) is 5.02 Å². The van der Waals surface area contributed by atoms with E-state index in [9.17, 15) is 9.59 Å². The van der Waals surface area contributed by atoms with Crippen molar-refractivity contribution in [2.24, 2.45) is 0 Å². The van der Waals surface area contributed by atoms with Crippen molar-refractivity contribution < 1.29 is 19.1 Å². The normalized spacial score (nSPS) is 21.5. The average Bonchev–Trinajstić information content (AvgIpc) is 2.87. The molecule has 0 radical (unpaired) electrons. The number of benzene rings is 2. The zero-order chi connectivity index (χ0) is 26.7. The van der Waals surface area contributed by atoms with Crippen LogP contribution in [0.5, 0.6) is 11.5 Å². The Morgan fingerprint density at radius 1 is 1.11 bits per heavy atom. The highest BCUT2D eigenvalue weighted by molar-refractivity contribution is 6.30. The number of carbonyl (C=O) groups is 2. The highest BCUT2D eigenvalue weighted by atomic mass is 35.5. The lowest BCUT2D eigenvalue weighted by Gasteiger charge is -2.46. The quantitative estimate of drug-likeness (QED) is 0.412. The van der Waals surface area contributed by atoms with Gasteiger partial charge in [0, 0.05) is 30.6 Å². The second-order valence-corrected chi connectivity index (χ2v) is 10.9. The van der Waals surface area contributed by atoms with E-state index in [1.54, 1.807) is 14.0 Å². The number of methoxy groups -OCH3 is 1. The Hall–Kier alpha value is -2.73. The Bertz CT molecular complexity index is 1110. The number of fused-ring (bicyclic) bond motifs is 1. The van der Waals surface area contributed by atoms with Crippen molar-refractivity contribution in [1.29, 1.82) is 0 Å². The third-order valence-electron chi connectivity index (χ3n) is 7.55. The first-order valence-corrected chi connectivity index (χ1v) is 13.8. The van der Waals surface area contributed by atoms with E-state index in [-0.39, 0.29) is 36.0 Å². The molecule has 2 amide bonds. The van der Waals surface area contributed by atoms with Crippen molar-refractivity contribution in [2.45, 2.75) is 90.4 Å². The zero-order valence-corrected chi connectivity index (χ0v) is 23.4. The molecule has 0 N–H and O–H groups in total. The number of nitrogens with zero attached hydrogens (tertiary/aromatic N) is 2. The maximum Gasteiger partial charge on any atom is 0.228 e. The van der Waals surface area contributed by atoms with Crippen molar-refractivity contribution in [3.8, 4) is 11.5 Å². The highest BCUT2D eigenvalue weighted by Crippen LogP contribution is 2.44. The Balaban J connectivity index is 1.71. The number of ether oxygens (including phenoxy) is 2. The fraction of sp³-hybridized carbons (Fsp3) is 0.533. The molecule has 0 saturated heterocycles. The summed E-state index contributed by atoms with van der Waals surface area (Å²) in [5.74, 6) is 1.58. The van der Waals surface area contributed by atoms with Crippen molar-refractivity contribution in [2.75, 3.05) is 13.7 Å². The van der Waals surface area contributed by atoms with Crippen molar-refractivity contribution in [3.05, 3.63) is 58.1 Å². The lowest BCUT2D eigenvalue weighted by atomic mass is 9.82. The molecule has 6 nitrogen and oxygen atoms in total. The first-order chi connectivity index (χ1) is 17.7. The molecule has 0 spiro atoms. The summed E-state index contributed by atoms with van der Waals surface area (Å²) in [6.07, 6.45) is 4.81. The first-order valence-electron chi connectivity index (χ1n) is 13.4. The number of hydrogen-bond donors (Lipinski definition) is 0. The molecule has 0 aromatic heterocycles. The molecule has 1 heterocycles. The predicted molar refractivity (Wildman–Crippen MR) is 146 cm³/mol. The molecular weight excluding hydrogens is 488 g/mol. The second kappa shape index (κ2) is 11.8. The van der Waals surface area contributed by atoms with Crippen LogP contribution in [0.3, 0.4) is 0 Å². The minimum absolute atomic E-state index is 0.00937. The summed E-state index contributed by atoms with van der Waals surface area (Å²) >= 11 is 6.23. The van der Waals surface area contributed by atoms with Gasteiger partial charge in [-0.1, -0.05) is 30.7 Å². The van der Waals surface area contributed by atoms with Crippen LogP contribution in [0.25, 0.3) is 0 Å². The topological polar surface area (TPSA) is 59.1 Å². The van der Waals surface area contributed by atoms with E-state index in [4.69, 9.17) is 21.1 Å². The molecular formula is C30H39ClN2O4. The van der Waals surface area contributed by atoms with E-state index in [0.29, 0.717) is 22.9 Å². The number of amides is 2. The molecule has 7 heteroatoms. The Labute approximate surface area is 225 Å². The standard InChI is InChI=1S/C30H39ClN2O4/c1-6-15-32(20(4)34)24-11-13-25(14-12-24)33-29(35)17-22-16-27(36-5)28(37-19(2)3)18-26(22)30(33)21-7-9-23(31)10-8-21/h7-10,16,18-19,24-25,30H,6,11-15,17H2,1-5H3/t24-,25-,30?. The van der Waals surface area contributed by atoms with Gasteiger partial charge in [0.1, 0.15) is 0 Å². The van der Waals surface area contributed by atoms with Gasteiger partial charge in [-0.15, -0.1) is 0 Å². The molecule has 0 bridgehead atoms. The van der Waals surface area contributed by atoms with E-state index in [2.05, 4.69) is 17.9 Å². The van der Waals surface area contributed by atoms with Gasteiger partial charge in [-0.3, -0.25) is 9.59 Å². The number of rotatable bonds is 8. The van der Waals surface area contributed by atoms with Gasteiger partial charge >= 0.3 is 0 Å². The smallest absolute Gasteiger partial charge is 0.228 e. The molecule has 2 aromatic carbocycles. The molecule has 200 valence electrons. The summed E-state index contributed by atoms with van der Waals surface area (Å²) in [6.45, 7) is 8.54. The number of carbonyl (C=O) groups excluding carboxylic acids is 2. The molecule has 1 aliphatic heterocycles. The van der Waals surface area contributed by atoms with E-state index in [1.165, 1.54) is 0 Å². The Morgan fingerprint density at radius 2 is 1.78 bits per heavy atom. The van der Waals surface area contributed by atoms with Gasteiger partial charge in [0.25, 0.3) is 0 Å². The molecule has 1 atom stereocenters. The van der Waals surface area contributed by atoms with E-state index in [0.717, 1.165) is 55.3 Å². The summed E-state index contributed by atoms with van der Waals surface area (Å²) in [4.78, 5) is 30.1. The van der Waals surface area contributed by atoms with Crippen LogP contribution in [-0.4, -0.2) is 53.5 Å². The lowest BCUT2D eigenvalue weighted by molar-refractivity contribution is -0.138. The monoisotopic (exact) mass is 526 g/mol. The molecule has 2 aromatic rings. The third kappa shape index (κ3) is 5.90. The van der Waals surface area contributed by atoms with Gasteiger partial charge in [-0.2, -0.15) is 0 Å². The summed E-state index contributed by atoms with van der Waals surface area (Å²) in [5.41, 5.74) is 3.06. The number of hydrogen-bond acceptors (Lipinski definition) is 4. The van der Waals surface area contributed by atoms with Crippen molar-refractivity contribution in [3.63, 3.8) is 0 Å². The minimum Gasteiger partial charge on any atom is -0.493 e. The van der Waals surface area contributed by atoms with Gasteiger partial charge in [-0.25, -0.2) is 0 Å². The van der Waals surface area contributed by atoms with Gasteiger partial charge < -0.3 is 19.3 Å². The maximum absolute atomic E-state index is 13.8. The molecule has 1 saturated carbocycles. The van der Waals surface area contributed by atoms with Gasteiger partial charge in [0.2, 0.25) is 11.8 Å². The molecule has 1 unspecified atom stereocenters. The van der Waals surface area contributed by atoms with E-state index in [1.807, 2.05) is 49.1 Å². The van der Waals surface area contributed by atoms with Crippen molar-refractivity contribution >= 4 is 23.4 Å². The van der Waals surface area contributed by atoms with Crippen LogP contribution >= 0.6 is 11.6 Å². The first kappa shape index (κ1) is 27.3. The molecule has 37 heavy (non-hydrogen) atoms. The van der Waals surface area contributed by atoms with Crippen LogP contribution in [0, 0.1) is 0 Å². The van der Waals surface area contributed by atoms with E-state index >= 15 is 0 Å². The van der Waals surface area contributed by atoms with Gasteiger partial charge in [0.15, 0.2) is 11.5 Å². The minimum atomic E-state index is -0.241. The summed E-state index contributed by atoms with van der Waals surface area (Å²) in [5, 5.41) is 0.664. The fourth-order valence-electron chi connectivity index (χ4n) is 5.96. The summed E-state index contributed by atoms with van der Waals surface area (Å²) in [7, 11) is 1.63. The zero-order valence-electron chi connectivity index (χ0n) is 22.6. The van der Waals surface area contributed by atoms with Crippen LogP contribution in [0.15, 0.2) is 36.4 Å². The van der Waals surface area contributed by atoms with Crippen LogP contribution in [-0.2, 0) is 16.0 Å². The highest BCUT2D eigenvalue weighted by Gasteiger charge is 2.40. The molecule has 4 rings (SSSR count). The van der Waals surface area contributed by atoms with Crippen LogP contribution in [0.1, 0.15) is 82.5 Å². The lowest BCUT2D eigenvalue weighted by Crippen LogP contribution is -2.51. The molecule has 1 fully saturated rings. The largest absolute Gasteiger partial charge is 0.493 e. The van der Waals surface area contributed by atoms with Gasteiger partial charge in [-0.05, 0) is 86.9 Å². The Morgan fingerprint density at radius 3 is 2.35 bits per heavy atom. The van der Waals surface area contributed by atoms with Crippen LogP contribution in [0.4, 0.5) is 0 Å². The van der Waals surface area contributed by atoms with E-state index < -0.39 is 0 Å². The molecule has 2 aliphatic rings. The van der Waals surface area contributed by atoms with Crippen LogP contribution < -0.4 is 9.47 Å².